The molecule has 3 N–H and O–H groups in total. The molecule has 0 saturated carbocycles. The maximum Gasteiger partial charge on any atom is 0.472 e. The second kappa shape index (κ2) is 63.8. The zero-order chi connectivity index (χ0) is 68.0. The summed E-state index contributed by atoms with van der Waals surface area (Å²) in [5.74, 6) is 0.209. The van der Waals surface area contributed by atoms with Gasteiger partial charge in [-0.1, -0.05) is 318 Å². The number of carbonyl (C=O) groups excluding carboxylic acids is 4. The maximum absolute atomic E-state index is 13.1. The van der Waals surface area contributed by atoms with Gasteiger partial charge in [0.15, 0.2) is 12.2 Å². The third-order valence-corrected chi connectivity index (χ3v) is 18.8. The molecule has 0 aliphatic rings. The van der Waals surface area contributed by atoms with Crippen molar-refractivity contribution in [3.8, 4) is 0 Å². The van der Waals surface area contributed by atoms with Gasteiger partial charge in [0.05, 0.1) is 26.4 Å². The van der Waals surface area contributed by atoms with E-state index in [-0.39, 0.29) is 25.7 Å². The SMILES string of the molecule is CCCCCCCCCC(=O)OC[C@H](COP(=O)(O)OC[C@H](O)COP(=O)(O)OC[C@@H](COC(=O)CCCCCCCCCCCCCCC(C)C)OC(=O)CCCCCCCCCCCCCCCC(C)C)OC(=O)CCCCCCCCCCCCCC(C)C. The Bertz CT molecular complexity index is 1800. The number of esters is 4. The predicted octanol–water partition coefficient (Wildman–Crippen LogP) is 21.0. The molecule has 0 aromatic rings. The van der Waals surface area contributed by atoms with Crippen molar-refractivity contribution in [2.75, 3.05) is 39.6 Å². The van der Waals surface area contributed by atoms with Gasteiger partial charge in [-0.05, 0) is 43.4 Å². The van der Waals surface area contributed by atoms with Crippen LogP contribution in [0.1, 0.15) is 370 Å². The lowest BCUT2D eigenvalue weighted by molar-refractivity contribution is -0.161. The topological polar surface area (TPSA) is 237 Å². The van der Waals surface area contributed by atoms with Crippen LogP contribution in [0, 0.1) is 17.8 Å². The minimum atomic E-state index is -4.95. The van der Waals surface area contributed by atoms with Crippen molar-refractivity contribution in [3.63, 3.8) is 0 Å². The molecule has 0 radical (unpaired) electrons. The Morgan fingerprint density at radius 2 is 0.500 bits per heavy atom. The van der Waals surface area contributed by atoms with E-state index in [2.05, 4.69) is 48.5 Å². The zero-order valence-electron chi connectivity index (χ0n) is 60.0. The van der Waals surface area contributed by atoms with E-state index < -0.39 is 97.5 Å². The molecule has 2 unspecified atom stereocenters. The summed E-state index contributed by atoms with van der Waals surface area (Å²) >= 11 is 0. The lowest BCUT2D eigenvalue weighted by Crippen LogP contribution is -2.30. The normalized spacial score (nSPS) is 14.1. The molecule has 0 amide bonds. The van der Waals surface area contributed by atoms with Crippen LogP contribution in [0.3, 0.4) is 0 Å². The number of phosphoric ester groups is 2. The third kappa shape index (κ3) is 66.7. The van der Waals surface area contributed by atoms with Crippen LogP contribution in [0.4, 0.5) is 0 Å². The first-order valence-electron chi connectivity index (χ1n) is 37.8. The molecule has 0 aromatic heterocycles. The molecule has 0 spiro atoms. The van der Waals surface area contributed by atoms with Gasteiger partial charge in [-0.25, -0.2) is 9.13 Å². The molecule has 0 aromatic carbocycles. The second-order valence-corrected chi connectivity index (χ2v) is 30.7. The van der Waals surface area contributed by atoms with Gasteiger partial charge in [0.1, 0.15) is 19.3 Å². The first-order chi connectivity index (χ1) is 44.2. The van der Waals surface area contributed by atoms with E-state index in [0.29, 0.717) is 25.7 Å². The maximum atomic E-state index is 13.1. The Hall–Kier alpha value is -1.94. The fourth-order valence-corrected chi connectivity index (χ4v) is 12.7. The Kier molecular flexibility index (Phi) is 62.4. The smallest absolute Gasteiger partial charge is 0.462 e. The Labute approximate surface area is 562 Å². The summed E-state index contributed by atoms with van der Waals surface area (Å²) in [5, 5.41) is 10.6. The van der Waals surface area contributed by atoms with E-state index in [1.54, 1.807) is 0 Å². The van der Waals surface area contributed by atoms with Gasteiger partial charge in [0.2, 0.25) is 0 Å². The number of hydrogen-bond acceptors (Lipinski definition) is 15. The molecule has 0 rings (SSSR count). The molecule has 0 aliphatic heterocycles. The molecule has 0 aliphatic carbocycles. The number of aliphatic hydroxyl groups excluding tert-OH is 1. The summed E-state index contributed by atoms with van der Waals surface area (Å²) in [4.78, 5) is 72.6. The van der Waals surface area contributed by atoms with Crippen LogP contribution in [0.5, 0.6) is 0 Å². The molecule has 0 saturated heterocycles. The van der Waals surface area contributed by atoms with Crippen LogP contribution in [0.15, 0.2) is 0 Å². The fourth-order valence-electron chi connectivity index (χ4n) is 11.1. The molecular weight excluding hydrogens is 1210 g/mol. The number of phosphoric acid groups is 2. The summed E-state index contributed by atoms with van der Waals surface area (Å²) < 4.78 is 68.3. The van der Waals surface area contributed by atoms with Crippen LogP contribution in [0.2, 0.25) is 0 Å². The molecule has 0 heterocycles. The average molecular weight is 1350 g/mol. The van der Waals surface area contributed by atoms with E-state index in [9.17, 15) is 43.2 Å². The van der Waals surface area contributed by atoms with Gasteiger partial charge in [-0.3, -0.25) is 37.3 Å². The van der Waals surface area contributed by atoms with Crippen molar-refractivity contribution < 1.29 is 80.2 Å². The molecular formula is C73H142O17P2. The van der Waals surface area contributed by atoms with Crippen molar-refractivity contribution in [2.24, 2.45) is 17.8 Å². The van der Waals surface area contributed by atoms with Crippen molar-refractivity contribution in [2.45, 2.75) is 388 Å². The highest BCUT2D eigenvalue weighted by molar-refractivity contribution is 7.47. The van der Waals surface area contributed by atoms with E-state index in [1.165, 1.54) is 167 Å². The Morgan fingerprint density at radius 1 is 0.293 bits per heavy atom. The van der Waals surface area contributed by atoms with Gasteiger partial charge in [0.25, 0.3) is 0 Å². The predicted molar refractivity (Wildman–Crippen MR) is 372 cm³/mol. The quantitative estimate of drug-likeness (QED) is 0.0222. The van der Waals surface area contributed by atoms with Gasteiger partial charge >= 0.3 is 39.5 Å². The number of aliphatic hydroxyl groups is 1. The number of ether oxygens (including phenoxy) is 4. The van der Waals surface area contributed by atoms with E-state index >= 15 is 0 Å². The van der Waals surface area contributed by atoms with Crippen LogP contribution in [-0.4, -0.2) is 96.7 Å². The van der Waals surface area contributed by atoms with Gasteiger partial charge in [0, 0.05) is 25.7 Å². The number of hydrogen-bond donors (Lipinski definition) is 3. The van der Waals surface area contributed by atoms with Crippen LogP contribution in [-0.2, 0) is 65.4 Å². The minimum Gasteiger partial charge on any atom is -0.462 e. The lowest BCUT2D eigenvalue weighted by atomic mass is 10.0. The first kappa shape index (κ1) is 90.1. The molecule has 5 atom stereocenters. The fraction of sp³-hybridized carbons (Fsp3) is 0.945. The van der Waals surface area contributed by atoms with Crippen molar-refractivity contribution in [3.05, 3.63) is 0 Å². The van der Waals surface area contributed by atoms with Crippen LogP contribution < -0.4 is 0 Å². The van der Waals surface area contributed by atoms with Gasteiger partial charge in [-0.2, -0.15) is 0 Å². The molecule has 19 heteroatoms. The Morgan fingerprint density at radius 3 is 0.739 bits per heavy atom. The average Bonchev–Trinajstić information content (AvgIpc) is 1.59. The first-order valence-corrected chi connectivity index (χ1v) is 40.8. The number of carbonyl (C=O) groups is 4. The summed E-state index contributed by atoms with van der Waals surface area (Å²) in [5.41, 5.74) is 0. The van der Waals surface area contributed by atoms with Crippen molar-refractivity contribution in [1.29, 1.82) is 0 Å². The second-order valence-electron chi connectivity index (χ2n) is 27.8. The summed E-state index contributed by atoms with van der Waals surface area (Å²) in [7, 11) is -9.90. The monoisotopic (exact) mass is 1350 g/mol. The summed E-state index contributed by atoms with van der Waals surface area (Å²) in [6, 6.07) is 0. The van der Waals surface area contributed by atoms with Crippen LogP contribution in [0.25, 0.3) is 0 Å². The molecule has 17 nitrogen and oxygen atoms in total. The van der Waals surface area contributed by atoms with Crippen molar-refractivity contribution in [1.82, 2.24) is 0 Å². The summed E-state index contributed by atoms with van der Waals surface area (Å²) in [6.07, 6.45) is 48.6. The standard InChI is InChI=1S/C73H142O17P2/c1-8-9-10-11-30-40-47-54-70(75)83-60-68(89-73(78)57-50-43-36-29-23-17-20-26-33-39-46-53-66(6)7)62-87-91(79,80)85-58-67(74)59-86-92(81,82)88-63-69(61-84-71(76)55-48-41-34-27-21-16-15-19-25-32-38-45-52-65(4)5)90-72(77)56-49-42-35-28-22-14-12-13-18-24-31-37-44-51-64(2)3/h64-69,74H,8-63H2,1-7H3,(H,79,80)(H,81,82)/t67-,68+,69+/m0/s1. The minimum absolute atomic E-state index is 0.106. The largest absolute Gasteiger partial charge is 0.472 e. The number of unbranched alkanes of at least 4 members (excludes halogenated alkanes) is 39. The molecule has 546 valence electrons. The van der Waals surface area contributed by atoms with Crippen molar-refractivity contribution >= 4 is 39.5 Å². The van der Waals surface area contributed by atoms with Gasteiger partial charge in [-0.15, -0.1) is 0 Å². The zero-order valence-corrected chi connectivity index (χ0v) is 61.8. The molecule has 0 bridgehead atoms. The highest BCUT2D eigenvalue weighted by Gasteiger charge is 2.30. The third-order valence-electron chi connectivity index (χ3n) is 16.9. The highest BCUT2D eigenvalue weighted by atomic mass is 31.2. The van der Waals surface area contributed by atoms with Crippen LogP contribution >= 0.6 is 15.6 Å². The molecule has 0 fully saturated rings. The lowest BCUT2D eigenvalue weighted by Gasteiger charge is -2.21. The highest BCUT2D eigenvalue weighted by Crippen LogP contribution is 2.45. The molecule has 92 heavy (non-hydrogen) atoms. The Balaban J connectivity index is 5.21. The van der Waals surface area contributed by atoms with E-state index in [4.69, 9.17) is 37.0 Å². The van der Waals surface area contributed by atoms with E-state index in [1.807, 2.05) is 0 Å². The summed E-state index contributed by atoms with van der Waals surface area (Å²) in [6.45, 7) is 11.9. The van der Waals surface area contributed by atoms with Gasteiger partial charge < -0.3 is 33.8 Å². The number of rotatable bonds is 71. The van der Waals surface area contributed by atoms with E-state index in [0.717, 1.165) is 120 Å².